The van der Waals surface area contributed by atoms with E-state index in [-0.39, 0.29) is 25.0 Å². The fraction of sp³-hybridized carbons (Fsp3) is 0.850. The molecule has 7 nitrogen and oxygen atoms in total. The van der Waals surface area contributed by atoms with Crippen molar-refractivity contribution >= 4 is 17.8 Å². The largest absolute Gasteiger partial charge is 0.466 e. The molecule has 2 heterocycles. The van der Waals surface area contributed by atoms with Gasteiger partial charge in [-0.05, 0) is 71.4 Å². The van der Waals surface area contributed by atoms with Crippen LogP contribution in [0, 0.1) is 11.8 Å². The zero-order valence-corrected chi connectivity index (χ0v) is 16.3. The summed E-state index contributed by atoms with van der Waals surface area (Å²) in [5, 5.41) is 5.64. The quantitative estimate of drug-likeness (QED) is 0.588. The van der Waals surface area contributed by atoms with E-state index in [1.807, 2.05) is 0 Å². The smallest absolute Gasteiger partial charge is 0.307 e. The van der Waals surface area contributed by atoms with Gasteiger partial charge in [-0.2, -0.15) is 0 Å². The highest BCUT2D eigenvalue weighted by Gasteiger charge is 2.30. The maximum Gasteiger partial charge on any atom is 0.307 e. The highest BCUT2D eigenvalue weighted by atomic mass is 16.5. The lowest BCUT2D eigenvalue weighted by molar-refractivity contribution is -0.145. The van der Waals surface area contributed by atoms with E-state index < -0.39 is 31.2 Å². The van der Waals surface area contributed by atoms with E-state index in [4.69, 9.17) is 8.85 Å². The van der Waals surface area contributed by atoms with Crippen LogP contribution in [0.2, 0.25) is 0 Å². The zero-order chi connectivity index (χ0) is 22.1. The Balaban J connectivity index is 1.88. The number of carbonyl (C=O) groups is 3. The molecule has 0 bridgehead atoms. The van der Waals surface area contributed by atoms with E-state index in [0.717, 1.165) is 51.6 Å². The molecule has 0 aromatic rings. The lowest BCUT2D eigenvalue weighted by Gasteiger charge is -2.33. The van der Waals surface area contributed by atoms with Gasteiger partial charge in [-0.15, -0.1) is 0 Å². The third-order valence-corrected chi connectivity index (χ3v) is 5.24. The van der Waals surface area contributed by atoms with E-state index in [2.05, 4.69) is 10.6 Å². The lowest BCUT2D eigenvalue weighted by atomic mass is 9.86. The van der Waals surface area contributed by atoms with Crippen LogP contribution in [0.3, 0.4) is 0 Å². The summed E-state index contributed by atoms with van der Waals surface area (Å²) in [5.74, 6) is -1.06. The summed E-state index contributed by atoms with van der Waals surface area (Å²) in [6.07, 6.45) is 4.05. The summed E-state index contributed by atoms with van der Waals surface area (Å²) in [6.45, 7) is 3.28. The van der Waals surface area contributed by atoms with Crippen LogP contribution in [0.1, 0.15) is 62.9 Å². The van der Waals surface area contributed by atoms with Crippen LogP contribution < -0.4 is 10.6 Å². The lowest BCUT2D eigenvalue weighted by Crippen LogP contribution is -2.48. The molecule has 0 aliphatic carbocycles. The van der Waals surface area contributed by atoms with Gasteiger partial charge in [-0.1, -0.05) is 0 Å². The van der Waals surface area contributed by atoms with Crippen LogP contribution in [0.25, 0.3) is 0 Å². The van der Waals surface area contributed by atoms with Gasteiger partial charge in [-0.3, -0.25) is 14.4 Å². The van der Waals surface area contributed by atoms with E-state index >= 15 is 0 Å². The van der Waals surface area contributed by atoms with Crippen molar-refractivity contribution in [3.05, 3.63) is 0 Å². The minimum Gasteiger partial charge on any atom is -0.466 e. The molecule has 2 fully saturated rings. The van der Waals surface area contributed by atoms with Crippen LogP contribution >= 0.6 is 0 Å². The molecule has 2 saturated heterocycles. The van der Waals surface area contributed by atoms with Crippen molar-refractivity contribution in [3.63, 3.8) is 0 Å². The van der Waals surface area contributed by atoms with Crippen molar-refractivity contribution in [2.45, 2.75) is 64.8 Å². The van der Waals surface area contributed by atoms with Crippen molar-refractivity contribution in [1.29, 1.82) is 0 Å². The number of rotatable bonds is 9. The molecule has 0 spiro atoms. The minimum absolute atomic E-state index is 0.0420. The third-order valence-electron chi connectivity index (χ3n) is 5.24. The average molecular weight is 385 g/mol. The fourth-order valence-electron chi connectivity index (χ4n) is 3.81. The molecule has 27 heavy (non-hydrogen) atoms. The molecule has 2 amide bonds. The van der Waals surface area contributed by atoms with Crippen LogP contribution in [0.5, 0.6) is 0 Å². The first-order chi connectivity index (χ1) is 14.3. The molecule has 154 valence electrons. The van der Waals surface area contributed by atoms with Gasteiger partial charge in [0.05, 0.1) is 20.9 Å². The number of hydrogen-bond acceptors (Lipinski definition) is 5. The maximum absolute atomic E-state index is 12.8. The second-order valence-corrected chi connectivity index (χ2v) is 7.34. The summed E-state index contributed by atoms with van der Waals surface area (Å²) in [5.41, 5.74) is 0. The summed E-state index contributed by atoms with van der Waals surface area (Å²) >= 11 is 0. The minimum atomic E-state index is -2.11. The van der Waals surface area contributed by atoms with Gasteiger partial charge in [-0.25, -0.2) is 0 Å². The second kappa shape index (κ2) is 11.3. The normalized spacial score (nSPS) is 26.3. The number of carbonyl (C=O) groups excluding carboxylic acids is 3. The molecule has 2 rings (SSSR count). The van der Waals surface area contributed by atoms with E-state index in [0.29, 0.717) is 12.5 Å². The number of nitrogens with one attached hydrogen (secondary N) is 2. The van der Waals surface area contributed by atoms with Gasteiger partial charge < -0.3 is 20.3 Å². The Labute approximate surface area is 166 Å². The Bertz CT molecular complexity index is 604. The Morgan fingerprint density at radius 2 is 2.19 bits per heavy atom. The monoisotopic (exact) mass is 384 g/mol. The van der Waals surface area contributed by atoms with Crippen LogP contribution in [0.4, 0.5) is 0 Å². The molecular formula is C20H35N3O4. The first-order valence-electron chi connectivity index (χ1n) is 11.8. The van der Waals surface area contributed by atoms with Crippen molar-refractivity contribution < 1.29 is 23.2 Å². The van der Waals surface area contributed by atoms with Gasteiger partial charge in [0.15, 0.2) is 0 Å². The average Bonchev–Trinajstić information content (AvgIpc) is 2.74. The number of esters is 1. The fourth-order valence-corrected chi connectivity index (χ4v) is 3.81. The molecular weight excluding hydrogens is 346 g/mol. The van der Waals surface area contributed by atoms with Gasteiger partial charge in [0.25, 0.3) is 0 Å². The van der Waals surface area contributed by atoms with E-state index in [1.165, 1.54) is 4.90 Å². The molecule has 0 saturated carbocycles. The first kappa shape index (κ1) is 17.5. The molecule has 7 heteroatoms. The zero-order valence-electron chi connectivity index (χ0n) is 19.3. The van der Waals surface area contributed by atoms with Crippen molar-refractivity contribution in [2.24, 2.45) is 11.8 Å². The van der Waals surface area contributed by atoms with Gasteiger partial charge >= 0.3 is 5.97 Å². The maximum atomic E-state index is 12.8. The second-order valence-electron chi connectivity index (χ2n) is 7.34. The molecule has 3 atom stereocenters. The number of piperidine rings is 2. The van der Waals surface area contributed by atoms with E-state index in [9.17, 15) is 14.4 Å². The Morgan fingerprint density at radius 3 is 2.89 bits per heavy atom. The summed E-state index contributed by atoms with van der Waals surface area (Å²) < 4.78 is 28.4. The Hall–Kier alpha value is -1.63. The number of ether oxygens (including phenoxy) is 1. The molecule has 0 aromatic heterocycles. The highest BCUT2D eigenvalue weighted by Crippen LogP contribution is 2.27. The summed E-state index contributed by atoms with van der Waals surface area (Å²) in [6, 6.07) is -2.11. The van der Waals surface area contributed by atoms with Gasteiger partial charge in [0.2, 0.25) is 11.8 Å². The van der Waals surface area contributed by atoms with E-state index in [1.54, 1.807) is 6.92 Å². The standard InChI is InChI=1S/C20H35N3O4/c1-3-27-19(25)13-15(2)22-18(24)14-23-12-4-5-17(20(23)26)7-6-16-8-10-21-11-9-16/h15-17,21H,3-14H2,1-2H3,(H,22,24)/t15?,17-/m0/s1/i2D,13D,15D/t13?,15?,17-. The molecule has 2 N–H and O–H groups in total. The van der Waals surface area contributed by atoms with Gasteiger partial charge in [0.1, 0.15) is 0 Å². The number of nitrogens with zero attached hydrogens (tertiary/aromatic N) is 1. The van der Waals surface area contributed by atoms with Crippen molar-refractivity contribution in [1.82, 2.24) is 15.5 Å². The molecule has 0 radical (unpaired) electrons. The SMILES string of the molecule is [2H]CC([2H])(NC(=O)CN1CCC[C@@H](CCC2CCNCC2)C1=O)C([2H])C(=O)OCC. The molecule has 2 aliphatic heterocycles. The third kappa shape index (κ3) is 7.48. The summed E-state index contributed by atoms with van der Waals surface area (Å²) in [4.78, 5) is 38.6. The molecule has 0 aromatic carbocycles. The highest BCUT2D eigenvalue weighted by molar-refractivity contribution is 5.86. The summed E-state index contributed by atoms with van der Waals surface area (Å²) in [7, 11) is 0. The number of likely N-dealkylation sites (tertiary alicyclic amines) is 1. The number of hydrogen-bond donors (Lipinski definition) is 2. The van der Waals surface area contributed by atoms with Crippen LogP contribution in [0.15, 0.2) is 0 Å². The van der Waals surface area contributed by atoms with Crippen LogP contribution in [-0.4, -0.2) is 61.5 Å². The molecule has 2 unspecified atom stereocenters. The predicted octanol–water partition coefficient (Wildman–Crippen LogP) is 1.46. The predicted molar refractivity (Wildman–Crippen MR) is 103 cm³/mol. The topological polar surface area (TPSA) is 87.7 Å². The van der Waals surface area contributed by atoms with Crippen LogP contribution in [-0.2, 0) is 19.1 Å². The Kier molecular flexibility index (Phi) is 7.29. The first-order valence-corrected chi connectivity index (χ1v) is 9.99. The number of amides is 2. The van der Waals surface area contributed by atoms with Crippen molar-refractivity contribution in [2.75, 3.05) is 32.8 Å². The molecule has 2 aliphatic rings. The van der Waals surface area contributed by atoms with Crippen molar-refractivity contribution in [3.8, 4) is 0 Å². The Morgan fingerprint density at radius 1 is 1.41 bits per heavy atom. The van der Waals surface area contributed by atoms with Gasteiger partial charge in [0, 0.05) is 21.2 Å².